The molecule has 0 saturated carbocycles. The molecule has 7 nitrogen and oxygen atoms in total. The summed E-state index contributed by atoms with van der Waals surface area (Å²) in [5, 5.41) is 11.5. The molecule has 0 radical (unpaired) electrons. The Morgan fingerprint density at radius 3 is 2.11 bits per heavy atom. The number of anilines is 1. The average Bonchev–Trinajstić information content (AvgIpc) is 3.17. The van der Waals surface area contributed by atoms with Crippen molar-refractivity contribution in [2.45, 2.75) is 39.2 Å². The number of aliphatic hydroxyl groups is 1. The Labute approximate surface area is 222 Å². The first-order valence-corrected chi connectivity index (χ1v) is 12.2. The number of aliphatic hydroxyl groups excluding tert-OH is 1. The van der Waals surface area contributed by atoms with Crippen molar-refractivity contribution in [2.75, 3.05) is 19.1 Å². The topological polar surface area (TPSA) is 93.1 Å². The number of carbonyl (C=O) groups is 3. The number of hydrogen-bond donors (Lipinski definition) is 1. The zero-order chi connectivity index (χ0) is 27.8. The van der Waals surface area contributed by atoms with Gasteiger partial charge in [0.05, 0.1) is 37.0 Å². The monoisotopic (exact) mass is 513 g/mol. The van der Waals surface area contributed by atoms with Gasteiger partial charge in [-0.1, -0.05) is 56.7 Å². The SMILES string of the molecule is COC(=O)c1ccc(N2C(=O)C(=O)/C(=C(/O)c3cc(C)ccc3OC)C2c2ccc(C(C)(C)C)cc2)cc1. The van der Waals surface area contributed by atoms with E-state index >= 15 is 0 Å². The molecule has 1 fully saturated rings. The van der Waals surface area contributed by atoms with E-state index in [0.717, 1.165) is 11.1 Å². The van der Waals surface area contributed by atoms with Gasteiger partial charge in [-0.15, -0.1) is 0 Å². The van der Waals surface area contributed by atoms with E-state index in [1.54, 1.807) is 24.3 Å². The Bertz CT molecular complexity index is 1430. The van der Waals surface area contributed by atoms with Gasteiger partial charge in [0.1, 0.15) is 11.5 Å². The molecule has 1 heterocycles. The van der Waals surface area contributed by atoms with E-state index in [0.29, 0.717) is 28.1 Å². The molecule has 4 rings (SSSR count). The molecule has 196 valence electrons. The van der Waals surface area contributed by atoms with Gasteiger partial charge < -0.3 is 14.6 Å². The maximum Gasteiger partial charge on any atom is 0.337 e. The first-order valence-electron chi connectivity index (χ1n) is 12.2. The molecule has 1 aliphatic heterocycles. The summed E-state index contributed by atoms with van der Waals surface area (Å²) < 4.78 is 10.2. The fraction of sp³-hybridized carbons (Fsp3) is 0.258. The first-order chi connectivity index (χ1) is 18.0. The number of hydrogen-bond acceptors (Lipinski definition) is 6. The van der Waals surface area contributed by atoms with Gasteiger partial charge in [0, 0.05) is 5.69 Å². The number of carbonyl (C=O) groups excluding carboxylic acids is 3. The zero-order valence-electron chi connectivity index (χ0n) is 22.4. The van der Waals surface area contributed by atoms with Gasteiger partial charge in [-0.25, -0.2) is 4.79 Å². The highest BCUT2D eigenvalue weighted by Crippen LogP contribution is 2.43. The summed E-state index contributed by atoms with van der Waals surface area (Å²) in [6.07, 6.45) is 0. The molecule has 1 N–H and O–H groups in total. The molecule has 0 bridgehead atoms. The fourth-order valence-electron chi connectivity index (χ4n) is 4.61. The van der Waals surface area contributed by atoms with E-state index in [2.05, 4.69) is 20.8 Å². The van der Waals surface area contributed by atoms with Crippen LogP contribution in [0.5, 0.6) is 5.75 Å². The number of rotatable bonds is 5. The molecule has 0 aliphatic carbocycles. The minimum Gasteiger partial charge on any atom is -0.507 e. The van der Waals surface area contributed by atoms with Crippen LogP contribution >= 0.6 is 0 Å². The Balaban J connectivity index is 1.94. The molecule has 3 aromatic carbocycles. The van der Waals surface area contributed by atoms with Crippen LogP contribution in [0.1, 0.15) is 59.4 Å². The zero-order valence-corrected chi connectivity index (χ0v) is 22.4. The quantitative estimate of drug-likeness (QED) is 0.203. The standard InChI is InChI=1S/C31H31NO6/c1-18-7-16-24(37-5)23(17-18)27(33)25-26(19-8-12-21(13-9-19)31(2,3)4)32(29(35)28(25)34)22-14-10-20(11-15-22)30(36)38-6/h7-17,26,33H,1-6H3/b27-25+. The lowest BCUT2D eigenvalue weighted by Gasteiger charge is -2.27. The minimum atomic E-state index is -0.904. The van der Waals surface area contributed by atoms with Crippen LogP contribution in [0.2, 0.25) is 0 Å². The summed E-state index contributed by atoms with van der Waals surface area (Å²) in [5.41, 5.74) is 3.49. The van der Waals surface area contributed by atoms with Crippen LogP contribution in [0.4, 0.5) is 5.69 Å². The Morgan fingerprint density at radius 1 is 0.921 bits per heavy atom. The Kier molecular flexibility index (Phi) is 7.14. The van der Waals surface area contributed by atoms with Crippen molar-refractivity contribution in [1.29, 1.82) is 0 Å². The number of esters is 1. The summed E-state index contributed by atoms with van der Waals surface area (Å²) in [4.78, 5) is 40.3. The third-order valence-electron chi connectivity index (χ3n) is 6.71. The third-order valence-corrected chi connectivity index (χ3v) is 6.71. The van der Waals surface area contributed by atoms with Crippen LogP contribution in [-0.4, -0.2) is 37.0 Å². The van der Waals surface area contributed by atoms with Crippen LogP contribution in [0.15, 0.2) is 72.3 Å². The average molecular weight is 514 g/mol. The lowest BCUT2D eigenvalue weighted by molar-refractivity contribution is -0.132. The molecule has 1 unspecified atom stereocenters. The van der Waals surface area contributed by atoms with Crippen molar-refractivity contribution < 1.29 is 29.0 Å². The smallest absolute Gasteiger partial charge is 0.337 e. The van der Waals surface area contributed by atoms with Crippen molar-refractivity contribution >= 4 is 29.1 Å². The minimum absolute atomic E-state index is 0.0422. The van der Waals surface area contributed by atoms with E-state index in [1.807, 2.05) is 37.3 Å². The van der Waals surface area contributed by atoms with E-state index in [4.69, 9.17) is 9.47 Å². The number of ketones is 1. The second kappa shape index (κ2) is 10.2. The highest BCUT2D eigenvalue weighted by Gasteiger charge is 2.47. The van der Waals surface area contributed by atoms with E-state index < -0.39 is 23.7 Å². The molecule has 1 saturated heterocycles. The molecule has 0 spiro atoms. The largest absolute Gasteiger partial charge is 0.507 e. The van der Waals surface area contributed by atoms with Gasteiger partial charge in [0.15, 0.2) is 0 Å². The number of ether oxygens (including phenoxy) is 2. The fourth-order valence-corrected chi connectivity index (χ4v) is 4.61. The predicted octanol–water partition coefficient (Wildman–Crippen LogP) is 5.71. The van der Waals surface area contributed by atoms with Crippen LogP contribution in [0, 0.1) is 6.92 Å². The van der Waals surface area contributed by atoms with Crippen LogP contribution in [0.25, 0.3) is 5.76 Å². The van der Waals surface area contributed by atoms with Gasteiger partial charge in [-0.2, -0.15) is 0 Å². The highest BCUT2D eigenvalue weighted by atomic mass is 16.5. The summed E-state index contributed by atoms with van der Waals surface area (Å²) in [6, 6.07) is 18.2. The summed E-state index contributed by atoms with van der Waals surface area (Å²) in [5.74, 6) is -2.05. The van der Waals surface area contributed by atoms with Crippen LogP contribution < -0.4 is 9.64 Å². The number of aryl methyl sites for hydroxylation is 1. The second-order valence-electron chi connectivity index (χ2n) is 10.3. The van der Waals surface area contributed by atoms with Crippen molar-refractivity contribution in [3.63, 3.8) is 0 Å². The maximum atomic E-state index is 13.5. The number of Topliss-reactive ketones (excluding diaryl/α,β-unsaturated/α-hetero) is 1. The van der Waals surface area contributed by atoms with Crippen LogP contribution in [0.3, 0.4) is 0 Å². The van der Waals surface area contributed by atoms with Crippen molar-refractivity contribution in [3.05, 3.63) is 100 Å². The predicted molar refractivity (Wildman–Crippen MR) is 145 cm³/mol. The lowest BCUT2D eigenvalue weighted by atomic mass is 9.85. The van der Waals surface area contributed by atoms with Crippen molar-refractivity contribution in [1.82, 2.24) is 0 Å². The number of benzene rings is 3. The lowest BCUT2D eigenvalue weighted by Crippen LogP contribution is -2.29. The molecule has 1 atom stereocenters. The number of nitrogens with zero attached hydrogens (tertiary/aromatic N) is 1. The summed E-state index contributed by atoms with van der Waals surface area (Å²) >= 11 is 0. The normalized spacial score (nSPS) is 17.0. The molecule has 38 heavy (non-hydrogen) atoms. The van der Waals surface area contributed by atoms with Crippen molar-refractivity contribution in [2.24, 2.45) is 0 Å². The van der Waals surface area contributed by atoms with E-state index in [9.17, 15) is 19.5 Å². The summed E-state index contributed by atoms with van der Waals surface area (Å²) in [7, 11) is 2.77. The first kappa shape index (κ1) is 26.7. The Morgan fingerprint density at radius 2 is 1.55 bits per heavy atom. The molecule has 1 aliphatic rings. The highest BCUT2D eigenvalue weighted by molar-refractivity contribution is 6.51. The molecular formula is C31H31NO6. The molecule has 1 amide bonds. The number of amides is 1. The maximum absolute atomic E-state index is 13.5. The van der Waals surface area contributed by atoms with E-state index in [-0.39, 0.29) is 16.7 Å². The van der Waals surface area contributed by atoms with Gasteiger partial charge in [0.2, 0.25) is 0 Å². The van der Waals surface area contributed by atoms with Gasteiger partial charge in [0.25, 0.3) is 11.7 Å². The molecule has 0 aromatic heterocycles. The van der Waals surface area contributed by atoms with Gasteiger partial charge >= 0.3 is 5.97 Å². The van der Waals surface area contributed by atoms with Crippen LogP contribution in [-0.2, 0) is 19.7 Å². The van der Waals surface area contributed by atoms with E-state index in [1.165, 1.54) is 31.3 Å². The molecular weight excluding hydrogens is 482 g/mol. The van der Waals surface area contributed by atoms with Crippen molar-refractivity contribution in [3.8, 4) is 5.75 Å². The summed E-state index contributed by atoms with van der Waals surface area (Å²) in [6.45, 7) is 8.16. The Hall–Kier alpha value is -4.39. The number of methoxy groups -OCH3 is 2. The third kappa shape index (κ3) is 4.79. The second-order valence-corrected chi connectivity index (χ2v) is 10.3. The van der Waals surface area contributed by atoms with Gasteiger partial charge in [-0.3, -0.25) is 14.5 Å². The molecule has 3 aromatic rings. The van der Waals surface area contributed by atoms with Gasteiger partial charge in [-0.05, 0) is 59.9 Å². The molecule has 7 heteroatoms.